The van der Waals surface area contributed by atoms with Crippen LogP contribution in [0.4, 0.5) is 5.69 Å². The highest BCUT2D eigenvalue weighted by Gasteiger charge is 2.15. The largest absolute Gasteiger partial charge is 0.324 e. The van der Waals surface area contributed by atoms with Gasteiger partial charge in [-0.05, 0) is 24.6 Å². The second-order valence-electron chi connectivity index (χ2n) is 4.69. The molecule has 0 radical (unpaired) electrons. The van der Waals surface area contributed by atoms with Gasteiger partial charge in [0.15, 0.2) is 0 Å². The van der Waals surface area contributed by atoms with E-state index >= 15 is 0 Å². The molecule has 1 amide bonds. The molecular weight excluding hydrogens is 280 g/mol. The zero-order valence-electron chi connectivity index (χ0n) is 11.6. The van der Waals surface area contributed by atoms with Gasteiger partial charge in [0.25, 0.3) is 0 Å². The van der Waals surface area contributed by atoms with Crippen molar-refractivity contribution in [2.24, 2.45) is 5.73 Å². The minimum absolute atomic E-state index is 0.158. The normalized spacial score (nSPS) is 12.5. The van der Waals surface area contributed by atoms with Crippen molar-refractivity contribution in [3.8, 4) is 0 Å². The lowest BCUT2D eigenvalue weighted by atomic mass is 10.1. The Bertz CT molecular complexity index is 437. The van der Waals surface area contributed by atoms with Crippen molar-refractivity contribution in [1.29, 1.82) is 0 Å². The van der Waals surface area contributed by atoms with Crippen LogP contribution in [0.3, 0.4) is 0 Å². The first-order chi connectivity index (χ1) is 8.93. The highest BCUT2D eigenvalue weighted by molar-refractivity contribution is 8.00. The van der Waals surface area contributed by atoms with Crippen LogP contribution in [-0.4, -0.2) is 17.2 Å². The van der Waals surface area contributed by atoms with E-state index in [2.05, 4.69) is 19.2 Å². The molecule has 0 aromatic heterocycles. The molecule has 106 valence electrons. The number of nitrogens with one attached hydrogen (secondary N) is 1. The van der Waals surface area contributed by atoms with Crippen LogP contribution in [0.2, 0.25) is 5.02 Å². The molecule has 1 rings (SSSR count). The fraction of sp³-hybridized carbons (Fsp3) is 0.500. The molecular formula is C14H21ClN2OS. The van der Waals surface area contributed by atoms with E-state index in [0.29, 0.717) is 16.7 Å². The van der Waals surface area contributed by atoms with Crippen molar-refractivity contribution >= 4 is 35.0 Å². The van der Waals surface area contributed by atoms with E-state index in [4.69, 9.17) is 17.3 Å². The predicted molar refractivity (Wildman–Crippen MR) is 84.0 cm³/mol. The van der Waals surface area contributed by atoms with Crippen LogP contribution in [0, 0.1) is 0 Å². The predicted octanol–water partition coefficient (Wildman–Crippen LogP) is 3.91. The Labute approximate surface area is 124 Å². The molecule has 5 heteroatoms. The zero-order chi connectivity index (χ0) is 14.4. The average Bonchev–Trinajstić information content (AvgIpc) is 2.32. The van der Waals surface area contributed by atoms with Gasteiger partial charge in [0.1, 0.15) is 0 Å². The Morgan fingerprint density at radius 2 is 2.16 bits per heavy atom. The minimum atomic E-state index is -0.471. The van der Waals surface area contributed by atoms with Gasteiger partial charge >= 0.3 is 0 Å². The maximum Gasteiger partial charge on any atom is 0.241 e. The molecule has 3 N–H and O–H groups in total. The van der Waals surface area contributed by atoms with Gasteiger partial charge in [-0.15, -0.1) is 11.8 Å². The van der Waals surface area contributed by atoms with Crippen LogP contribution in [0.1, 0.15) is 33.6 Å². The fourth-order valence-corrected chi connectivity index (χ4v) is 2.69. The van der Waals surface area contributed by atoms with E-state index in [-0.39, 0.29) is 5.91 Å². The fourth-order valence-electron chi connectivity index (χ4n) is 1.62. The molecule has 1 aromatic carbocycles. The summed E-state index contributed by atoms with van der Waals surface area (Å²) < 4.78 is 0. The number of hydrogen-bond donors (Lipinski definition) is 2. The lowest BCUT2D eigenvalue weighted by Gasteiger charge is -2.15. The van der Waals surface area contributed by atoms with Crippen molar-refractivity contribution in [2.75, 3.05) is 5.32 Å². The number of benzene rings is 1. The first kappa shape index (κ1) is 16.3. The maximum atomic E-state index is 12.0. The third kappa shape index (κ3) is 5.43. The summed E-state index contributed by atoms with van der Waals surface area (Å²) in [6.07, 6.45) is 1.57. The monoisotopic (exact) mass is 300 g/mol. The zero-order valence-corrected chi connectivity index (χ0v) is 13.1. The molecule has 0 spiro atoms. The standard InChI is InChI=1S/C14H21ClN2OS/c1-4-5-11(16)14(18)17-12-8-10(15)6-7-13(12)19-9(2)3/h6-9,11H,4-5,16H2,1-3H3,(H,17,18). The van der Waals surface area contributed by atoms with Crippen LogP contribution in [-0.2, 0) is 4.79 Å². The van der Waals surface area contributed by atoms with E-state index in [9.17, 15) is 4.79 Å². The summed E-state index contributed by atoms with van der Waals surface area (Å²) in [6, 6.07) is 5.05. The average molecular weight is 301 g/mol. The molecule has 1 unspecified atom stereocenters. The molecule has 0 aliphatic carbocycles. The van der Waals surface area contributed by atoms with Gasteiger partial charge in [0, 0.05) is 15.2 Å². The summed E-state index contributed by atoms with van der Waals surface area (Å²) in [5, 5.41) is 3.91. The third-order valence-corrected chi connectivity index (χ3v) is 3.82. The Morgan fingerprint density at radius 3 is 2.74 bits per heavy atom. The number of rotatable bonds is 6. The highest BCUT2D eigenvalue weighted by atomic mass is 35.5. The van der Waals surface area contributed by atoms with Gasteiger partial charge in [0.05, 0.1) is 11.7 Å². The first-order valence-corrected chi connectivity index (χ1v) is 7.72. The Balaban J connectivity index is 2.86. The van der Waals surface area contributed by atoms with Crippen LogP contribution >= 0.6 is 23.4 Å². The minimum Gasteiger partial charge on any atom is -0.324 e. The van der Waals surface area contributed by atoms with Crippen LogP contribution in [0.5, 0.6) is 0 Å². The molecule has 0 aliphatic heterocycles. The molecule has 3 nitrogen and oxygen atoms in total. The number of amides is 1. The van der Waals surface area contributed by atoms with Crippen LogP contribution in [0.25, 0.3) is 0 Å². The van der Waals surface area contributed by atoms with E-state index in [1.165, 1.54) is 0 Å². The smallest absolute Gasteiger partial charge is 0.241 e. The molecule has 0 saturated carbocycles. The lowest BCUT2D eigenvalue weighted by molar-refractivity contribution is -0.117. The van der Waals surface area contributed by atoms with Crippen molar-refractivity contribution < 1.29 is 4.79 Å². The molecule has 1 atom stereocenters. The van der Waals surface area contributed by atoms with Gasteiger partial charge in [-0.25, -0.2) is 0 Å². The lowest BCUT2D eigenvalue weighted by Crippen LogP contribution is -2.35. The Hall–Kier alpha value is -0.710. The molecule has 0 heterocycles. The number of carbonyl (C=O) groups is 1. The topological polar surface area (TPSA) is 55.1 Å². The summed E-state index contributed by atoms with van der Waals surface area (Å²) in [7, 11) is 0. The highest BCUT2D eigenvalue weighted by Crippen LogP contribution is 2.32. The molecule has 0 fully saturated rings. The van der Waals surface area contributed by atoms with Gasteiger partial charge in [-0.1, -0.05) is 38.8 Å². The molecule has 19 heavy (non-hydrogen) atoms. The van der Waals surface area contributed by atoms with Crippen LogP contribution in [0.15, 0.2) is 23.1 Å². The molecule has 1 aromatic rings. The van der Waals surface area contributed by atoms with Crippen molar-refractivity contribution in [3.63, 3.8) is 0 Å². The molecule has 0 bridgehead atoms. The Kier molecular flexibility index (Phi) is 6.69. The van der Waals surface area contributed by atoms with Crippen molar-refractivity contribution in [2.45, 2.75) is 49.8 Å². The van der Waals surface area contributed by atoms with E-state index in [0.717, 1.165) is 17.0 Å². The number of carbonyl (C=O) groups excluding carboxylic acids is 1. The summed E-state index contributed by atoms with van der Waals surface area (Å²) >= 11 is 7.67. The Morgan fingerprint density at radius 1 is 1.47 bits per heavy atom. The van der Waals surface area contributed by atoms with Gasteiger partial charge in [-0.2, -0.15) is 0 Å². The van der Waals surface area contributed by atoms with Gasteiger partial charge in [-0.3, -0.25) is 4.79 Å². The van der Waals surface area contributed by atoms with Gasteiger partial charge < -0.3 is 11.1 Å². The second kappa shape index (κ2) is 7.78. The van der Waals surface area contributed by atoms with Crippen LogP contribution < -0.4 is 11.1 Å². The van der Waals surface area contributed by atoms with E-state index in [1.54, 1.807) is 17.8 Å². The number of anilines is 1. The van der Waals surface area contributed by atoms with E-state index < -0.39 is 6.04 Å². The summed E-state index contributed by atoms with van der Waals surface area (Å²) in [5.41, 5.74) is 6.55. The SMILES string of the molecule is CCCC(N)C(=O)Nc1cc(Cl)ccc1SC(C)C. The summed E-state index contributed by atoms with van der Waals surface area (Å²) in [5.74, 6) is -0.158. The second-order valence-corrected chi connectivity index (χ2v) is 6.75. The quantitative estimate of drug-likeness (QED) is 0.783. The number of nitrogens with two attached hydrogens (primary N) is 1. The van der Waals surface area contributed by atoms with E-state index in [1.807, 2.05) is 19.1 Å². The van der Waals surface area contributed by atoms with Crippen molar-refractivity contribution in [1.82, 2.24) is 0 Å². The number of hydrogen-bond acceptors (Lipinski definition) is 3. The third-order valence-electron chi connectivity index (χ3n) is 2.50. The summed E-state index contributed by atoms with van der Waals surface area (Å²) in [6.45, 7) is 6.22. The summed E-state index contributed by atoms with van der Waals surface area (Å²) in [4.78, 5) is 13.0. The van der Waals surface area contributed by atoms with Gasteiger partial charge in [0.2, 0.25) is 5.91 Å². The maximum absolute atomic E-state index is 12.0. The number of thioether (sulfide) groups is 1. The van der Waals surface area contributed by atoms with Crippen molar-refractivity contribution in [3.05, 3.63) is 23.2 Å². The number of halogens is 1. The molecule has 0 aliphatic rings. The molecule has 0 saturated heterocycles. The first-order valence-electron chi connectivity index (χ1n) is 6.46.